The molecule has 0 saturated carbocycles. The molecule has 0 amide bonds. The molecule has 0 spiro atoms. The summed E-state index contributed by atoms with van der Waals surface area (Å²) in [4.78, 5) is 6.43. The van der Waals surface area contributed by atoms with Crippen LogP contribution in [0.3, 0.4) is 0 Å². The molecule has 0 saturated heterocycles. The monoisotopic (exact) mass is 420 g/mol. The van der Waals surface area contributed by atoms with Crippen molar-refractivity contribution >= 4 is 29.9 Å². The summed E-state index contributed by atoms with van der Waals surface area (Å²) in [5.74, 6) is 1.91. The second kappa shape index (κ2) is 11.5. The number of aliphatic imine (C=N–C) groups is 1. The third-order valence-electron chi connectivity index (χ3n) is 2.83. The molecule has 0 aliphatic carbocycles. The van der Waals surface area contributed by atoms with Crippen molar-refractivity contribution in [2.45, 2.75) is 20.4 Å². The molecule has 0 fully saturated rings. The van der Waals surface area contributed by atoms with E-state index in [9.17, 15) is 0 Å². The molecule has 0 aromatic heterocycles. The zero-order valence-corrected chi connectivity index (χ0v) is 16.3. The number of benzene rings is 1. The van der Waals surface area contributed by atoms with Crippen LogP contribution in [0, 0.1) is 5.92 Å². The molecule has 3 N–H and O–H groups in total. The lowest BCUT2D eigenvalue weighted by Crippen LogP contribution is -2.34. The van der Waals surface area contributed by atoms with Crippen LogP contribution in [0.5, 0.6) is 5.75 Å². The molecule has 0 aliphatic heterocycles. The van der Waals surface area contributed by atoms with Gasteiger partial charge in [-0.3, -0.25) is 0 Å². The van der Waals surface area contributed by atoms with Gasteiger partial charge in [-0.1, -0.05) is 26.0 Å². The summed E-state index contributed by atoms with van der Waals surface area (Å²) in [6.45, 7) is 7.24. The summed E-state index contributed by atoms with van der Waals surface area (Å²) in [6, 6.07) is 7.98. The third kappa shape index (κ3) is 9.83. The number of rotatable bonds is 8. The molecule has 6 heteroatoms. The van der Waals surface area contributed by atoms with Gasteiger partial charge in [0.2, 0.25) is 0 Å². The van der Waals surface area contributed by atoms with Gasteiger partial charge in [-0.2, -0.15) is 0 Å². The maximum Gasteiger partial charge on any atom is 0.188 e. The van der Waals surface area contributed by atoms with Crippen molar-refractivity contribution in [2.75, 3.05) is 33.8 Å². The summed E-state index contributed by atoms with van der Waals surface area (Å²) < 4.78 is 5.71. The SMILES string of the molecule is CC(C)CNC(N)=NCc1cccc(OCCN(C)C)c1.I. The predicted octanol–water partition coefficient (Wildman–Crippen LogP) is 2.31. The van der Waals surface area contributed by atoms with Crippen LogP contribution in [-0.2, 0) is 6.54 Å². The average molecular weight is 420 g/mol. The van der Waals surface area contributed by atoms with Gasteiger partial charge in [0.25, 0.3) is 0 Å². The highest BCUT2D eigenvalue weighted by molar-refractivity contribution is 14.0. The summed E-state index contributed by atoms with van der Waals surface area (Å²) in [6.07, 6.45) is 0. The Morgan fingerprint density at radius 2 is 2.09 bits per heavy atom. The number of hydrogen-bond donors (Lipinski definition) is 2. The summed E-state index contributed by atoms with van der Waals surface area (Å²) in [5, 5.41) is 3.10. The van der Waals surface area contributed by atoms with Crippen molar-refractivity contribution in [3.05, 3.63) is 29.8 Å². The average Bonchev–Trinajstić information content (AvgIpc) is 2.43. The van der Waals surface area contributed by atoms with Crippen LogP contribution in [0.4, 0.5) is 0 Å². The van der Waals surface area contributed by atoms with Crippen LogP contribution in [-0.4, -0.2) is 44.7 Å². The third-order valence-corrected chi connectivity index (χ3v) is 2.83. The highest BCUT2D eigenvalue weighted by Gasteiger charge is 1.99. The van der Waals surface area contributed by atoms with E-state index in [1.54, 1.807) is 0 Å². The first kappa shape index (κ1) is 21.0. The summed E-state index contributed by atoms with van der Waals surface area (Å²) >= 11 is 0. The van der Waals surface area contributed by atoms with E-state index < -0.39 is 0 Å². The van der Waals surface area contributed by atoms with Gasteiger partial charge in [-0.15, -0.1) is 24.0 Å². The van der Waals surface area contributed by atoms with Crippen molar-refractivity contribution in [1.82, 2.24) is 10.2 Å². The smallest absolute Gasteiger partial charge is 0.188 e. The maximum atomic E-state index is 5.82. The molecule has 1 aromatic rings. The fourth-order valence-corrected chi connectivity index (χ4v) is 1.62. The van der Waals surface area contributed by atoms with Gasteiger partial charge in [0.1, 0.15) is 12.4 Å². The second-order valence-electron chi connectivity index (χ2n) is 5.78. The van der Waals surface area contributed by atoms with Gasteiger partial charge < -0.3 is 20.7 Å². The largest absolute Gasteiger partial charge is 0.492 e. The molecule has 0 radical (unpaired) electrons. The molecule has 0 unspecified atom stereocenters. The Hall–Kier alpha value is -1.02. The quantitative estimate of drug-likeness (QED) is 0.385. The lowest BCUT2D eigenvalue weighted by molar-refractivity contribution is 0.261. The number of nitrogens with one attached hydrogen (secondary N) is 1. The van der Waals surface area contributed by atoms with Gasteiger partial charge in [0.05, 0.1) is 6.54 Å². The van der Waals surface area contributed by atoms with E-state index >= 15 is 0 Å². The van der Waals surface area contributed by atoms with Crippen molar-refractivity contribution < 1.29 is 4.74 Å². The number of halogens is 1. The summed E-state index contributed by atoms with van der Waals surface area (Å²) in [5.41, 5.74) is 6.91. The highest BCUT2D eigenvalue weighted by Crippen LogP contribution is 2.14. The van der Waals surface area contributed by atoms with E-state index in [1.807, 2.05) is 38.4 Å². The normalized spacial score (nSPS) is 11.5. The van der Waals surface area contributed by atoms with Crippen LogP contribution in [0.25, 0.3) is 0 Å². The maximum absolute atomic E-state index is 5.82. The Morgan fingerprint density at radius 1 is 1.36 bits per heavy atom. The Bertz CT molecular complexity index is 450. The molecule has 0 atom stereocenters. The molecular formula is C16H29IN4O. The zero-order valence-electron chi connectivity index (χ0n) is 14.0. The van der Waals surface area contributed by atoms with Gasteiger partial charge in [-0.25, -0.2) is 4.99 Å². The summed E-state index contributed by atoms with van der Waals surface area (Å²) in [7, 11) is 4.06. The first-order valence-electron chi connectivity index (χ1n) is 7.37. The second-order valence-corrected chi connectivity index (χ2v) is 5.78. The van der Waals surface area contributed by atoms with E-state index in [2.05, 4.69) is 29.1 Å². The van der Waals surface area contributed by atoms with E-state index in [4.69, 9.17) is 10.5 Å². The molecule has 0 bridgehead atoms. The fourth-order valence-electron chi connectivity index (χ4n) is 1.62. The zero-order chi connectivity index (χ0) is 15.7. The number of likely N-dealkylation sites (N-methyl/N-ethyl adjacent to an activating group) is 1. The lowest BCUT2D eigenvalue weighted by atomic mass is 10.2. The van der Waals surface area contributed by atoms with Crippen molar-refractivity contribution in [3.63, 3.8) is 0 Å². The number of hydrogen-bond acceptors (Lipinski definition) is 3. The lowest BCUT2D eigenvalue weighted by Gasteiger charge is -2.11. The van der Waals surface area contributed by atoms with Crippen molar-refractivity contribution in [1.29, 1.82) is 0 Å². The van der Waals surface area contributed by atoms with E-state index in [1.165, 1.54) is 0 Å². The molecule has 0 heterocycles. The Labute approximate surface area is 151 Å². The van der Waals surface area contributed by atoms with Crippen LogP contribution >= 0.6 is 24.0 Å². The molecule has 126 valence electrons. The molecule has 0 aliphatic rings. The molecule has 5 nitrogen and oxygen atoms in total. The fraction of sp³-hybridized carbons (Fsp3) is 0.562. The molecule has 1 rings (SSSR count). The van der Waals surface area contributed by atoms with Crippen LogP contribution in [0.1, 0.15) is 19.4 Å². The molecule has 1 aromatic carbocycles. The highest BCUT2D eigenvalue weighted by atomic mass is 127. The molecule has 22 heavy (non-hydrogen) atoms. The molecular weight excluding hydrogens is 391 g/mol. The first-order chi connectivity index (χ1) is 9.97. The Balaban J connectivity index is 0.00000441. The topological polar surface area (TPSA) is 62.9 Å². The van der Waals surface area contributed by atoms with E-state index in [0.29, 0.717) is 25.0 Å². The van der Waals surface area contributed by atoms with Crippen molar-refractivity contribution in [2.24, 2.45) is 16.6 Å². The number of guanidine groups is 1. The van der Waals surface area contributed by atoms with Gasteiger partial charge in [-0.05, 0) is 37.7 Å². The van der Waals surface area contributed by atoms with Gasteiger partial charge in [0, 0.05) is 13.1 Å². The van der Waals surface area contributed by atoms with Crippen LogP contribution < -0.4 is 15.8 Å². The van der Waals surface area contributed by atoms with Gasteiger partial charge in [0.15, 0.2) is 5.96 Å². The minimum absolute atomic E-state index is 0. The Morgan fingerprint density at radius 3 is 2.73 bits per heavy atom. The van der Waals surface area contributed by atoms with E-state index in [0.717, 1.165) is 24.4 Å². The van der Waals surface area contributed by atoms with E-state index in [-0.39, 0.29) is 24.0 Å². The van der Waals surface area contributed by atoms with Crippen molar-refractivity contribution in [3.8, 4) is 5.75 Å². The Kier molecular flexibility index (Phi) is 11.0. The number of nitrogens with two attached hydrogens (primary N) is 1. The van der Waals surface area contributed by atoms with Crippen LogP contribution in [0.2, 0.25) is 0 Å². The standard InChI is InChI=1S/C16H28N4O.HI/c1-13(2)11-18-16(17)19-12-14-6-5-7-15(10-14)21-9-8-20(3)4;/h5-7,10,13H,8-9,11-12H2,1-4H3,(H3,17,18,19);1H. The predicted molar refractivity (Wildman–Crippen MR) is 104 cm³/mol. The minimum atomic E-state index is 0. The number of nitrogens with zero attached hydrogens (tertiary/aromatic N) is 2. The van der Waals surface area contributed by atoms with Gasteiger partial charge >= 0.3 is 0 Å². The first-order valence-corrected chi connectivity index (χ1v) is 7.37. The van der Waals surface area contributed by atoms with Crippen LogP contribution in [0.15, 0.2) is 29.3 Å². The minimum Gasteiger partial charge on any atom is -0.492 e. The number of ether oxygens (including phenoxy) is 1.